The lowest BCUT2D eigenvalue weighted by atomic mass is 9.86. The number of piperidine rings is 1. The lowest BCUT2D eigenvalue weighted by Gasteiger charge is -2.37. The summed E-state index contributed by atoms with van der Waals surface area (Å²) in [5.41, 5.74) is 1.18. The number of aryl methyl sites for hydroxylation is 1. The van der Waals surface area contributed by atoms with Gasteiger partial charge in [-0.15, -0.1) is 0 Å². The average molecular weight is 335 g/mol. The van der Waals surface area contributed by atoms with Crippen LogP contribution in [0.5, 0.6) is 0 Å². The molecule has 2 amide bonds. The second-order valence-electron chi connectivity index (χ2n) is 7.71. The molecule has 0 bridgehead atoms. The van der Waals surface area contributed by atoms with Crippen molar-refractivity contribution in [2.24, 2.45) is 11.8 Å². The van der Waals surface area contributed by atoms with E-state index in [4.69, 9.17) is 4.74 Å². The third-order valence-electron chi connectivity index (χ3n) is 4.49. The van der Waals surface area contributed by atoms with E-state index < -0.39 is 11.7 Å². The monoisotopic (exact) mass is 335 g/mol. The summed E-state index contributed by atoms with van der Waals surface area (Å²) in [4.78, 5) is 29.4. The van der Waals surface area contributed by atoms with Crippen LogP contribution < -0.4 is 5.32 Å². The highest BCUT2D eigenvalue weighted by Gasteiger charge is 2.30. The van der Waals surface area contributed by atoms with Crippen LogP contribution >= 0.6 is 0 Å². The van der Waals surface area contributed by atoms with Crippen LogP contribution in [0, 0.1) is 18.8 Å². The molecule has 0 spiro atoms. The smallest absolute Gasteiger partial charge is 0.407 e. The fraction of sp³-hybridized carbons (Fsp3) is 0.667. The van der Waals surface area contributed by atoms with Gasteiger partial charge in [-0.25, -0.2) is 4.79 Å². The highest BCUT2D eigenvalue weighted by Crippen LogP contribution is 2.24. The van der Waals surface area contributed by atoms with Gasteiger partial charge in [0, 0.05) is 32.0 Å². The molecule has 0 radical (unpaired) electrons. The number of carbonyl (C=O) groups excluding carboxylic acids is 2. The first-order valence-corrected chi connectivity index (χ1v) is 8.57. The van der Waals surface area contributed by atoms with Gasteiger partial charge in [0.05, 0.1) is 5.56 Å². The van der Waals surface area contributed by atoms with Crippen molar-refractivity contribution in [3.8, 4) is 0 Å². The number of rotatable bonds is 3. The predicted molar refractivity (Wildman–Crippen MR) is 92.9 cm³/mol. The van der Waals surface area contributed by atoms with E-state index in [9.17, 15) is 9.59 Å². The van der Waals surface area contributed by atoms with Crippen molar-refractivity contribution < 1.29 is 14.3 Å². The first-order valence-electron chi connectivity index (χ1n) is 8.57. The number of nitrogens with zero attached hydrogens (tertiary/aromatic N) is 1. The number of aromatic amines is 1. The van der Waals surface area contributed by atoms with Gasteiger partial charge >= 0.3 is 6.09 Å². The van der Waals surface area contributed by atoms with Crippen molar-refractivity contribution in [3.05, 3.63) is 23.5 Å². The van der Waals surface area contributed by atoms with Crippen LogP contribution in [0.15, 0.2) is 12.4 Å². The Kier molecular flexibility index (Phi) is 5.57. The minimum Gasteiger partial charge on any atom is -0.444 e. The summed E-state index contributed by atoms with van der Waals surface area (Å²) in [6.07, 6.45) is 4.13. The number of likely N-dealkylation sites (tertiary alicyclic amines) is 1. The summed E-state index contributed by atoms with van der Waals surface area (Å²) in [6, 6.07) is 0. The molecule has 0 saturated carbocycles. The Morgan fingerprint density at radius 2 is 2.08 bits per heavy atom. The number of nitrogens with one attached hydrogen (secondary N) is 2. The maximum Gasteiger partial charge on any atom is 0.407 e. The standard InChI is InChI=1S/C18H29N3O3/c1-12-6-7-21(16(22)15-10-19-8-13(15)2)11-14(12)9-20-17(23)24-18(3,4)5/h8,10,12,14,19H,6-7,9,11H2,1-5H3,(H,20,23)/t12-,14-/m0/s1. The Labute approximate surface area is 143 Å². The summed E-state index contributed by atoms with van der Waals surface area (Å²) in [6.45, 7) is 11.6. The highest BCUT2D eigenvalue weighted by atomic mass is 16.6. The van der Waals surface area contributed by atoms with E-state index >= 15 is 0 Å². The Bertz CT molecular complexity index is 589. The molecule has 2 rings (SSSR count). The molecule has 2 heterocycles. The number of hydrogen-bond donors (Lipinski definition) is 2. The lowest BCUT2D eigenvalue weighted by molar-refractivity contribution is 0.0477. The molecule has 0 unspecified atom stereocenters. The average Bonchev–Trinajstić information content (AvgIpc) is 2.90. The Balaban J connectivity index is 1.92. The van der Waals surface area contributed by atoms with Crippen molar-refractivity contribution in [2.45, 2.75) is 46.6 Å². The number of aromatic nitrogens is 1. The molecule has 0 aliphatic carbocycles. The van der Waals surface area contributed by atoms with Gasteiger partial charge in [0.15, 0.2) is 0 Å². The fourth-order valence-electron chi connectivity index (χ4n) is 2.97. The molecular weight excluding hydrogens is 306 g/mol. The summed E-state index contributed by atoms with van der Waals surface area (Å²) >= 11 is 0. The van der Waals surface area contributed by atoms with Gasteiger partial charge in [0.1, 0.15) is 5.60 Å². The van der Waals surface area contributed by atoms with Gasteiger partial charge in [-0.3, -0.25) is 4.79 Å². The molecular formula is C18H29N3O3. The fourth-order valence-corrected chi connectivity index (χ4v) is 2.97. The predicted octanol–water partition coefficient (Wildman–Crippen LogP) is 2.95. The molecule has 1 fully saturated rings. The number of alkyl carbamates (subject to hydrolysis) is 1. The molecule has 24 heavy (non-hydrogen) atoms. The van der Waals surface area contributed by atoms with Crippen LogP contribution in [0.2, 0.25) is 0 Å². The van der Waals surface area contributed by atoms with E-state index in [1.807, 2.05) is 38.8 Å². The summed E-state index contributed by atoms with van der Waals surface area (Å²) in [5, 5.41) is 2.84. The second kappa shape index (κ2) is 7.28. The first-order chi connectivity index (χ1) is 11.2. The molecule has 6 nitrogen and oxygen atoms in total. The molecule has 2 atom stereocenters. The maximum absolute atomic E-state index is 12.7. The molecule has 0 aromatic carbocycles. The van der Waals surface area contributed by atoms with Crippen LogP contribution in [0.1, 0.15) is 50.0 Å². The van der Waals surface area contributed by atoms with E-state index in [1.165, 1.54) is 0 Å². The number of H-pyrrole nitrogens is 1. The molecule has 1 aliphatic heterocycles. The zero-order chi connectivity index (χ0) is 17.9. The molecule has 1 aliphatic rings. The van der Waals surface area contributed by atoms with Gasteiger partial charge < -0.3 is 19.9 Å². The van der Waals surface area contributed by atoms with Crippen molar-refractivity contribution in [1.29, 1.82) is 0 Å². The number of ether oxygens (including phenoxy) is 1. The number of hydrogen-bond acceptors (Lipinski definition) is 3. The number of carbonyl (C=O) groups is 2. The number of amides is 2. The third-order valence-corrected chi connectivity index (χ3v) is 4.49. The van der Waals surface area contributed by atoms with Gasteiger partial charge in [-0.05, 0) is 51.5 Å². The zero-order valence-electron chi connectivity index (χ0n) is 15.3. The van der Waals surface area contributed by atoms with Crippen LogP contribution in [-0.4, -0.2) is 47.1 Å². The SMILES string of the molecule is Cc1c[nH]cc1C(=O)N1CC[C@H](C)[C@@H](CNC(=O)OC(C)(C)C)C1. The molecule has 1 aromatic rings. The summed E-state index contributed by atoms with van der Waals surface area (Å²) < 4.78 is 5.28. The Morgan fingerprint density at radius 3 is 2.67 bits per heavy atom. The van der Waals surface area contributed by atoms with Crippen molar-refractivity contribution in [2.75, 3.05) is 19.6 Å². The van der Waals surface area contributed by atoms with Crippen LogP contribution in [-0.2, 0) is 4.74 Å². The second-order valence-corrected chi connectivity index (χ2v) is 7.71. The van der Waals surface area contributed by atoms with E-state index in [0.29, 0.717) is 19.0 Å². The molecule has 134 valence electrons. The summed E-state index contributed by atoms with van der Waals surface area (Å²) in [7, 11) is 0. The largest absolute Gasteiger partial charge is 0.444 e. The van der Waals surface area contributed by atoms with E-state index in [1.54, 1.807) is 6.20 Å². The Morgan fingerprint density at radius 1 is 1.38 bits per heavy atom. The zero-order valence-corrected chi connectivity index (χ0v) is 15.3. The van der Waals surface area contributed by atoms with E-state index in [-0.39, 0.29) is 11.8 Å². The van der Waals surface area contributed by atoms with E-state index in [2.05, 4.69) is 17.2 Å². The third kappa shape index (κ3) is 4.76. The van der Waals surface area contributed by atoms with Gasteiger partial charge in [0.2, 0.25) is 0 Å². The molecule has 2 N–H and O–H groups in total. The molecule has 1 saturated heterocycles. The minimum absolute atomic E-state index is 0.0583. The van der Waals surface area contributed by atoms with Crippen molar-refractivity contribution in [3.63, 3.8) is 0 Å². The highest BCUT2D eigenvalue weighted by molar-refractivity contribution is 5.95. The molecule has 1 aromatic heterocycles. The molecule has 6 heteroatoms. The normalized spacial score (nSPS) is 21.5. The summed E-state index contributed by atoms with van der Waals surface area (Å²) in [5.74, 6) is 0.744. The Hall–Kier alpha value is -1.98. The van der Waals surface area contributed by atoms with Crippen molar-refractivity contribution in [1.82, 2.24) is 15.2 Å². The van der Waals surface area contributed by atoms with E-state index in [0.717, 1.165) is 24.1 Å². The minimum atomic E-state index is -0.504. The van der Waals surface area contributed by atoms with Gasteiger partial charge in [0.25, 0.3) is 5.91 Å². The maximum atomic E-state index is 12.7. The topological polar surface area (TPSA) is 74.4 Å². The van der Waals surface area contributed by atoms with Crippen LogP contribution in [0.3, 0.4) is 0 Å². The van der Waals surface area contributed by atoms with Crippen molar-refractivity contribution >= 4 is 12.0 Å². The first kappa shape index (κ1) is 18.4. The van der Waals surface area contributed by atoms with Crippen LogP contribution in [0.25, 0.3) is 0 Å². The van der Waals surface area contributed by atoms with Crippen LogP contribution in [0.4, 0.5) is 4.79 Å². The quantitative estimate of drug-likeness (QED) is 0.892. The van der Waals surface area contributed by atoms with Gasteiger partial charge in [-0.2, -0.15) is 0 Å². The lowest BCUT2D eigenvalue weighted by Crippen LogP contribution is -2.47. The van der Waals surface area contributed by atoms with Gasteiger partial charge in [-0.1, -0.05) is 6.92 Å².